The van der Waals surface area contributed by atoms with Gasteiger partial charge in [0.05, 0.1) is 25.7 Å². The van der Waals surface area contributed by atoms with Gasteiger partial charge in [-0.2, -0.15) is 0 Å². The molecule has 0 aliphatic rings. The highest BCUT2D eigenvalue weighted by molar-refractivity contribution is 6.01. The summed E-state index contributed by atoms with van der Waals surface area (Å²) in [6.07, 6.45) is 4.10. The van der Waals surface area contributed by atoms with Crippen LogP contribution in [0.1, 0.15) is 61.4 Å². The summed E-state index contributed by atoms with van der Waals surface area (Å²) in [6, 6.07) is 2.38. The minimum Gasteiger partial charge on any atom is -0.508 e. The smallest absolute Gasteiger partial charge is 0.310 e. The quantitative estimate of drug-likeness (QED) is 0.352. The predicted molar refractivity (Wildman–Crippen MR) is 94.2 cm³/mol. The Morgan fingerprint density at radius 2 is 1.65 bits per heavy atom. The van der Waals surface area contributed by atoms with Crippen LogP contribution in [0, 0.1) is 0 Å². The second kappa shape index (κ2) is 11.1. The van der Waals surface area contributed by atoms with Gasteiger partial charge in [-0.3, -0.25) is 14.4 Å². The van der Waals surface area contributed by atoms with Crippen LogP contribution in [0.5, 0.6) is 11.5 Å². The summed E-state index contributed by atoms with van der Waals surface area (Å²) >= 11 is 0. The lowest BCUT2D eigenvalue weighted by Gasteiger charge is -2.11. The molecule has 0 radical (unpaired) electrons. The average molecular weight is 366 g/mol. The fourth-order valence-electron chi connectivity index (χ4n) is 2.62. The first-order chi connectivity index (χ1) is 12.3. The van der Waals surface area contributed by atoms with Crippen LogP contribution >= 0.6 is 0 Å². The molecule has 1 aromatic rings. The van der Waals surface area contributed by atoms with Gasteiger partial charge in [0.15, 0.2) is 5.78 Å². The summed E-state index contributed by atoms with van der Waals surface area (Å²) in [5, 5.41) is 19.6. The first kappa shape index (κ1) is 21.5. The van der Waals surface area contributed by atoms with Crippen LogP contribution in [0.25, 0.3) is 0 Å². The lowest BCUT2D eigenvalue weighted by molar-refractivity contribution is -0.141. The van der Waals surface area contributed by atoms with Crippen LogP contribution in [0.15, 0.2) is 12.1 Å². The molecular weight excluding hydrogens is 340 g/mol. The summed E-state index contributed by atoms with van der Waals surface area (Å²) in [4.78, 5) is 34.5. The summed E-state index contributed by atoms with van der Waals surface area (Å²) in [5.41, 5.74) is 0.309. The van der Waals surface area contributed by atoms with Crippen LogP contribution < -0.4 is 0 Å². The number of hydrogen-bond acceptors (Lipinski definition) is 7. The van der Waals surface area contributed by atoms with Crippen LogP contribution in [-0.4, -0.2) is 41.7 Å². The van der Waals surface area contributed by atoms with E-state index in [2.05, 4.69) is 4.74 Å². The van der Waals surface area contributed by atoms with Crippen molar-refractivity contribution in [2.45, 2.75) is 51.9 Å². The number of carbonyl (C=O) groups is 3. The molecule has 0 aromatic heterocycles. The highest BCUT2D eigenvalue weighted by Gasteiger charge is 2.19. The molecule has 0 saturated heterocycles. The molecule has 0 spiro atoms. The first-order valence-electron chi connectivity index (χ1n) is 8.63. The number of phenolic OH excluding ortho intramolecular Hbond substituents is 2. The Morgan fingerprint density at radius 1 is 1.00 bits per heavy atom. The van der Waals surface area contributed by atoms with Crippen molar-refractivity contribution in [1.82, 2.24) is 0 Å². The number of esters is 2. The van der Waals surface area contributed by atoms with Gasteiger partial charge in [0.2, 0.25) is 0 Å². The van der Waals surface area contributed by atoms with E-state index >= 15 is 0 Å². The number of carbonyl (C=O) groups excluding carboxylic acids is 3. The third-order valence-electron chi connectivity index (χ3n) is 3.88. The third kappa shape index (κ3) is 7.55. The lowest BCUT2D eigenvalue weighted by atomic mass is 9.96. The molecule has 1 aromatic carbocycles. The molecule has 1 rings (SSSR count). The highest BCUT2D eigenvalue weighted by atomic mass is 16.5. The number of hydrogen-bond donors (Lipinski definition) is 2. The summed E-state index contributed by atoms with van der Waals surface area (Å²) < 4.78 is 9.43. The monoisotopic (exact) mass is 366 g/mol. The fourth-order valence-corrected chi connectivity index (χ4v) is 2.62. The van der Waals surface area contributed by atoms with E-state index in [0.29, 0.717) is 13.0 Å². The number of ketones is 1. The van der Waals surface area contributed by atoms with E-state index < -0.39 is 5.97 Å². The van der Waals surface area contributed by atoms with E-state index in [-0.39, 0.29) is 47.2 Å². The van der Waals surface area contributed by atoms with Crippen molar-refractivity contribution < 1.29 is 34.1 Å². The number of ether oxygens (including phenoxy) is 2. The molecule has 0 fully saturated rings. The van der Waals surface area contributed by atoms with E-state index in [0.717, 1.165) is 31.7 Å². The molecule has 0 amide bonds. The zero-order valence-electron chi connectivity index (χ0n) is 15.2. The topological polar surface area (TPSA) is 110 Å². The van der Waals surface area contributed by atoms with Gasteiger partial charge in [0.1, 0.15) is 11.5 Å². The number of aromatic hydroxyl groups is 2. The van der Waals surface area contributed by atoms with Gasteiger partial charge >= 0.3 is 11.9 Å². The molecular formula is C19H26O7. The molecule has 26 heavy (non-hydrogen) atoms. The minimum atomic E-state index is -0.558. The lowest BCUT2D eigenvalue weighted by Crippen LogP contribution is -2.10. The van der Waals surface area contributed by atoms with Crippen LogP contribution in [0.4, 0.5) is 0 Å². The van der Waals surface area contributed by atoms with E-state index in [9.17, 15) is 24.6 Å². The van der Waals surface area contributed by atoms with Crippen molar-refractivity contribution in [3.8, 4) is 11.5 Å². The molecule has 0 atom stereocenters. The SMILES string of the molecule is COC(=O)Cc1cc(O)cc(O)c1C(=O)CCCCCCCOC(C)=O. The molecule has 7 heteroatoms. The Bertz CT molecular complexity index is 637. The maximum Gasteiger partial charge on any atom is 0.310 e. The van der Waals surface area contributed by atoms with Gasteiger partial charge in [-0.25, -0.2) is 0 Å². The van der Waals surface area contributed by atoms with Crippen molar-refractivity contribution in [2.75, 3.05) is 13.7 Å². The van der Waals surface area contributed by atoms with Crippen molar-refractivity contribution in [2.24, 2.45) is 0 Å². The van der Waals surface area contributed by atoms with Gasteiger partial charge in [-0.05, 0) is 24.5 Å². The van der Waals surface area contributed by atoms with Gasteiger partial charge in [-0.1, -0.05) is 19.3 Å². The van der Waals surface area contributed by atoms with Crippen molar-refractivity contribution in [1.29, 1.82) is 0 Å². The Hall–Kier alpha value is -2.57. The maximum atomic E-state index is 12.4. The number of Topliss-reactive ketones (excluding diaryl/α,β-unsaturated/α-hetero) is 1. The molecule has 0 aliphatic heterocycles. The van der Waals surface area contributed by atoms with Crippen LogP contribution in [-0.2, 0) is 25.5 Å². The van der Waals surface area contributed by atoms with E-state index in [1.807, 2.05) is 0 Å². The molecule has 0 bridgehead atoms. The molecule has 0 saturated carbocycles. The average Bonchev–Trinajstić information content (AvgIpc) is 2.56. The van der Waals surface area contributed by atoms with Crippen molar-refractivity contribution in [3.05, 3.63) is 23.3 Å². The van der Waals surface area contributed by atoms with Gasteiger partial charge in [0, 0.05) is 19.4 Å². The molecule has 2 N–H and O–H groups in total. The zero-order chi connectivity index (χ0) is 19.5. The molecule has 0 heterocycles. The van der Waals surface area contributed by atoms with E-state index in [4.69, 9.17) is 4.74 Å². The van der Waals surface area contributed by atoms with Crippen LogP contribution in [0.3, 0.4) is 0 Å². The molecule has 0 unspecified atom stereocenters. The van der Waals surface area contributed by atoms with Crippen LogP contribution in [0.2, 0.25) is 0 Å². The zero-order valence-corrected chi connectivity index (χ0v) is 15.2. The largest absolute Gasteiger partial charge is 0.508 e. The highest BCUT2D eigenvalue weighted by Crippen LogP contribution is 2.29. The van der Waals surface area contributed by atoms with Gasteiger partial charge in [-0.15, -0.1) is 0 Å². The molecule has 7 nitrogen and oxygen atoms in total. The molecule has 144 valence electrons. The molecule has 0 aliphatic carbocycles. The Balaban J connectivity index is 2.51. The summed E-state index contributed by atoms with van der Waals surface area (Å²) in [7, 11) is 1.23. The van der Waals surface area contributed by atoms with Crippen molar-refractivity contribution >= 4 is 17.7 Å². The van der Waals surface area contributed by atoms with Crippen molar-refractivity contribution in [3.63, 3.8) is 0 Å². The summed E-state index contributed by atoms with van der Waals surface area (Å²) in [6.45, 7) is 1.78. The number of unbranched alkanes of at least 4 members (excludes halogenated alkanes) is 4. The fraction of sp³-hybridized carbons (Fsp3) is 0.526. The number of benzene rings is 1. The van der Waals surface area contributed by atoms with Gasteiger partial charge < -0.3 is 19.7 Å². The number of phenols is 2. The Kier molecular flexibility index (Phi) is 9.19. The van der Waals surface area contributed by atoms with E-state index in [1.54, 1.807) is 0 Å². The third-order valence-corrected chi connectivity index (χ3v) is 3.88. The number of rotatable bonds is 11. The first-order valence-corrected chi connectivity index (χ1v) is 8.63. The Labute approximate surface area is 152 Å². The second-order valence-electron chi connectivity index (χ2n) is 6.03. The van der Waals surface area contributed by atoms with E-state index in [1.165, 1.54) is 20.1 Å². The maximum absolute atomic E-state index is 12.4. The standard InChI is InChI=1S/C19H26O7/c1-13(20)26-9-7-5-3-4-6-8-16(22)19-14(11-18(24)25-2)10-15(21)12-17(19)23/h10,12,21,23H,3-9,11H2,1-2H3. The predicted octanol–water partition coefficient (Wildman–Crippen LogP) is 2.90. The van der Waals surface area contributed by atoms with Gasteiger partial charge in [0.25, 0.3) is 0 Å². The summed E-state index contributed by atoms with van der Waals surface area (Å²) in [5.74, 6) is -1.67. The number of methoxy groups -OCH3 is 1. The normalized spacial score (nSPS) is 10.4. The second-order valence-corrected chi connectivity index (χ2v) is 6.03. The Morgan fingerprint density at radius 3 is 2.31 bits per heavy atom. The minimum absolute atomic E-state index is 0.0584.